The van der Waals surface area contributed by atoms with Gasteiger partial charge in [0.1, 0.15) is 0 Å². The first-order valence-electron chi connectivity index (χ1n) is 6.26. The van der Waals surface area contributed by atoms with Crippen molar-refractivity contribution in [3.05, 3.63) is 45.7 Å². The molecule has 0 amide bonds. The van der Waals surface area contributed by atoms with E-state index in [1.807, 2.05) is 29.1 Å². The van der Waals surface area contributed by atoms with Crippen LogP contribution in [0.5, 0.6) is 0 Å². The highest BCUT2D eigenvalue weighted by Crippen LogP contribution is 2.24. The summed E-state index contributed by atoms with van der Waals surface area (Å²) in [7, 11) is 0. The summed E-state index contributed by atoms with van der Waals surface area (Å²) >= 11 is 9.72. The fraction of sp³-hybridized carbons (Fsp3) is 0.357. The molecule has 0 unspecified atom stereocenters. The highest BCUT2D eigenvalue weighted by molar-refractivity contribution is 9.10. The maximum atomic E-state index is 6.31. The molecule has 0 spiro atoms. The third-order valence-corrected chi connectivity index (χ3v) is 3.51. The van der Waals surface area contributed by atoms with Crippen LogP contribution in [0.3, 0.4) is 0 Å². The van der Waals surface area contributed by atoms with Gasteiger partial charge in [0, 0.05) is 23.3 Å². The van der Waals surface area contributed by atoms with Crippen molar-refractivity contribution in [1.29, 1.82) is 0 Å². The molecule has 19 heavy (non-hydrogen) atoms. The minimum atomic E-state index is 0.616. The van der Waals surface area contributed by atoms with Gasteiger partial charge in [-0.3, -0.25) is 0 Å². The minimum absolute atomic E-state index is 0.616. The van der Waals surface area contributed by atoms with Gasteiger partial charge in [-0.15, -0.1) is 0 Å². The third kappa shape index (κ3) is 3.81. The lowest BCUT2D eigenvalue weighted by Gasteiger charge is -2.13. The Labute approximate surface area is 127 Å². The molecule has 0 aliphatic heterocycles. The molecule has 0 saturated heterocycles. The van der Waals surface area contributed by atoms with Gasteiger partial charge in [0.15, 0.2) is 0 Å². The fourth-order valence-corrected chi connectivity index (χ4v) is 2.38. The van der Waals surface area contributed by atoms with Crippen LogP contribution in [0.25, 0.3) is 5.69 Å². The van der Waals surface area contributed by atoms with Crippen molar-refractivity contribution >= 4 is 27.5 Å². The summed E-state index contributed by atoms with van der Waals surface area (Å²) in [6, 6.07) is 5.88. The van der Waals surface area contributed by atoms with Crippen molar-refractivity contribution in [1.82, 2.24) is 15.1 Å². The average molecular weight is 343 g/mol. The number of nitrogens with one attached hydrogen (secondary N) is 1. The van der Waals surface area contributed by atoms with Crippen molar-refractivity contribution in [3.63, 3.8) is 0 Å². The van der Waals surface area contributed by atoms with Crippen molar-refractivity contribution in [2.24, 2.45) is 5.92 Å². The molecule has 3 nitrogen and oxygen atoms in total. The summed E-state index contributed by atoms with van der Waals surface area (Å²) in [5, 5.41) is 8.50. The lowest BCUT2D eigenvalue weighted by atomic mass is 10.1. The molecule has 2 rings (SSSR count). The molecule has 1 N–H and O–H groups in total. The smallest absolute Gasteiger partial charge is 0.0705 e. The maximum Gasteiger partial charge on any atom is 0.0705 e. The van der Waals surface area contributed by atoms with Crippen LogP contribution in [-0.4, -0.2) is 16.3 Å². The van der Waals surface area contributed by atoms with E-state index in [1.54, 1.807) is 6.20 Å². The molecule has 1 aromatic carbocycles. The highest BCUT2D eigenvalue weighted by Gasteiger charge is 2.09. The quantitative estimate of drug-likeness (QED) is 0.889. The van der Waals surface area contributed by atoms with Crippen LogP contribution < -0.4 is 5.32 Å². The van der Waals surface area contributed by atoms with Gasteiger partial charge in [-0.25, -0.2) is 4.68 Å². The number of rotatable bonds is 5. The van der Waals surface area contributed by atoms with Crippen LogP contribution in [0.2, 0.25) is 5.02 Å². The van der Waals surface area contributed by atoms with Crippen molar-refractivity contribution in [2.45, 2.75) is 20.4 Å². The number of nitrogens with zero attached hydrogens (tertiary/aromatic N) is 2. The summed E-state index contributed by atoms with van der Waals surface area (Å²) in [5.41, 5.74) is 2.08. The van der Waals surface area contributed by atoms with Crippen LogP contribution in [0, 0.1) is 5.92 Å². The average Bonchev–Trinajstić information content (AvgIpc) is 2.77. The van der Waals surface area contributed by atoms with Gasteiger partial charge < -0.3 is 5.32 Å². The Hall–Kier alpha value is -0.840. The predicted octanol–water partition coefficient (Wildman–Crippen LogP) is 4.03. The third-order valence-electron chi connectivity index (χ3n) is 2.75. The van der Waals surface area contributed by atoms with Crippen LogP contribution in [0.1, 0.15) is 19.4 Å². The zero-order chi connectivity index (χ0) is 13.8. The summed E-state index contributed by atoms with van der Waals surface area (Å²) in [6.07, 6.45) is 3.70. The van der Waals surface area contributed by atoms with E-state index in [2.05, 4.69) is 40.2 Å². The lowest BCUT2D eigenvalue weighted by molar-refractivity contribution is 0.551. The van der Waals surface area contributed by atoms with Crippen LogP contribution in [0.15, 0.2) is 35.1 Å². The molecule has 0 bridgehead atoms. The lowest BCUT2D eigenvalue weighted by Crippen LogP contribution is -2.20. The van der Waals surface area contributed by atoms with E-state index in [4.69, 9.17) is 11.6 Å². The Balaban J connectivity index is 2.26. The van der Waals surface area contributed by atoms with Gasteiger partial charge >= 0.3 is 0 Å². The van der Waals surface area contributed by atoms with Gasteiger partial charge in [0.05, 0.1) is 16.4 Å². The van der Waals surface area contributed by atoms with E-state index in [0.29, 0.717) is 5.92 Å². The molecule has 0 aliphatic carbocycles. The van der Waals surface area contributed by atoms with E-state index >= 15 is 0 Å². The van der Waals surface area contributed by atoms with Crippen LogP contribution in [-0.2, 0) is 6.54 Å². The van der Waals surface area contributed by atoms with Crippen molar-refractivity contribution in [3.8, 4) is 5.69 Å². The number of hydrogen-bond acceptors (Lipinski definition) is 2. The second kappa shape index (κ2) is 6.55. The van der Waals surface area contributed by atoms with Crippen molar-refractivity contribution < 1.29 is 0 Å². The SMILES string of the molecule is CC(C)CNCc1c(Cl)cccc1-n1cc(Br)cn1. The van der Waals surface area contributed by atoms with Gasteiger partial charge in [-0.05, 0) is 40.5 Å². The number of halogens is 2. The van der Waals surface area contributed by atoms with E-state index < -0.39 is 0 Å². The summed E-state index contributed by atoms with van der Waals surface area (Å²) in [5.74, 6) is 0.616. The molecule has 1 heterocycles. The van der Waals surface area contributed by atoms with Crippen molar-refractivity contribution in [2.75, 3.05) is 6.54 Å². The standard InChI is InChI=1S/C14H17BrClN3/c1-10(2)6-17-8-12-13(16)4-3-5-14(12)19-9-11(15)7-18-19/h3-5,7,9-10,17H,6,8H2,1-2H3. The van der Waals surface area contributed by atoms with Gasteiger partial charge in [0.25, 0.3) is 0 Å². The zero-order valence-corrected chi connectivity index (χ0v) is 13.4. The van der Waals surface area contributed by atoms with E-state index in [0.717, 1.165) is 33.8 Å². The first-order valence-corrected chi connectivity index (χ1v) is 7.43. The second-order valence-electron chi connectivity index (χ2n) is 4.87. The Bertz CT molecular complexity index is 551. The Kier molecular flexibility index (Phi) is 5.02. The molecule has 102 valence electrons. The molecule has 0 aliphatic rings. The molecular formula is C14H17BrClN3. The van der Waals surface area contributed by atoms with E-state index in [9.17, 15) is 0 Å². The topological polar surface area (TPSA) is 29.9 Å². The molecule has 0 fully saturated rings. The number of hydrogen-bond donors (Lipinski definition) is 1. The zero-order valence-electron chi connectivity index (χ0n) is 11.0. The van der Waals surface area contributed by atoms with E-state index in [-0.39, 0.29) is 0 Å². The first kappa shape index (κ1) is 14.6. The Morgan fingerprint density at radius 2 is 2.21 bits per heavy atom. The van der Waals surface area contributed by atoms with Gasteiger partial charge in [-0.2, -0.15) is 5.10 Å². The van der Waals surface area contributed by atoms with Gasteiger partial charge in [0.2, 0.25) is 0 Å². The van der Waals surface area contributed by atoms with E-state index in [1.165, 1.54) is 0 Å². The number of benzene rings is 1. The van der Waals surface area contributed by atoms with Gasteiger partial charge in [-0.1, -0.05) is 31.5 Å². The summed E-state index contributed by atoms with van der Waals surface area (Å²) in [4.78, 5) is 0. The summed E-state index contributed by atoms with van der Waals surface area (Å²) < 4.78 is 2.79. The monoisotopic (exact) mass is 341 g/mol. The summed E-state index contributed by atoms with van der Waals surface area (Å²) in [6.45, 7) is 6.08. The van der Waals surface area contributed by atoms with Crippen LogP contribution in [0.4, 0.5) is 0 Å². The molecular weight excluding hydrogens is 326 g/mol. The second-order valence-corrected chi connectivity index (χ2v) is 6.19. The molecule has 0 radical (unpaired) electrons. The molecule has 2 aromatic rings. The predicted molar refractivity (Wildman–Crippen MR) is 82.8 cm³/mol. The van der Waals surface area contributed by atoms with Crippen LogP contribution >= 0.6 is 27.5 Å². The minimum Gasteiger partial charge on any atom is -0.312 e. The normalized spacial score (nSPS) is 11.2. The Morgan fingerprint density at radius 3 is 2.84 bits per heavy atom. The molecule has 0 saturated carbocycles. The fourth-order valence-electron chi connectivity index (χ4n) is 1.86. The number of aromatic nitrogens is 2. The highest BCUT2D eigenvalue weighted by atomic mass is 79.9. The molecule has 0 atom stereocenters. The molecule has 1 aromatic heterocycles. The first-order chi connectivity index (χ1) is 9.08. The largest absolute Gasteiger partial charge is 0.312 e. The Morgan fingerprint density at radius 1 is 1.42 bits per heavy atom. The maximum absolute atomic E-state index is 6.31. The molecule has 5 heteroatoms.